The van der Waals surface area contributed by atoms with E-state index in [9.17, 15) is 9.59 Å². The number of para-hydroxylation sites is 1. The van der Waals surface area contributed by atoms with E-state index in [-0.39, 0.29) is 5.91 Å². The Kier molecular flexibility index (Phi) is 7.12. The molecule has 158 valence electrons. The van der Waals surface area contributed by atoms with E-state index in [2.05, 4.69) is 19.2 Å². The van der Waals surface area contributed by atoms with Crippen molar-refractivity contribution >= 4 is 23.6 Å². The van der Waals surface area contributed by atoms with Crippen molar-refractivity contribution in [2.24, 2.45) is 0 Å². The Morgan fingerprint density at radius 3 is 2.60 bits per heavy atom. The van der Waals surface area contributed by atoms with Crippen LogP contribution in [0.3, 0.4) is 0 Å². The number of benzene rings is 2. The summed E-state index contributed by atoms with van der Waals surface area (Å²) in [4.78, 5) is 24.7. The first-order valence-electron chi connectivity index (χ1n) is 10.2. The number of nitrogens with one attached hydrogen (secondary N) is 1. The molecule has 0 unspecified atom stereocenters. The van der Waals surface area contributed by atoms with E-state index in [1.165, 1.54) is 6.08 Å². The summed E-state index contributed by atoms with van der Waals surface area (Å²) in [7, 11) is 0. The number of ether oxygens (including phenoxy) is 3. The van der Waals surface area contributed by atoms with Gasteiger partial charge in [-0.3, -0.25) is 4.79 Å². The molecule has 1 N–H and O–H groups in total. The van der Waals surface area contributed by atoms with Gasteiger partial charge in [-0.2, -0.15) is 0 Å². The molecular formula is C24H27NO5. The Labute approximate surface area is 176 Å². The number of rotatable bonds is 7. The van der Waals surface area contributed by atoms with Gasteiger partial charge in [0.15, 0.2) is 17.6 Å². The summed E-state index contributed by atoms with van der Waals surface area (Å²) >= 11 is 0. The molecule has 30 heavy (non-hydrogen) atoms. The summed E-state index contributed by atoms with van der Waals surface area (Å²) in [5.74, 6) is 0.677. The number of hydrogen-bond donors (Lipinski definition) is 1. The van der Waals surface area contributed by atoms with Crippen LogP contribution in [-0.2, 0) is 14.3 Å². The van der Waals surface area contributed by atoms with Gasteiger partial charge >= 0.3 is 5.97 Å². The molecule has 2 atom stereocenters. The van der Waals surface area contributed by atoms with Crippen LogP contribution < -0.4 is 14.8 Å². The Balaban J connectivity index is 1.58. The minimum absolute atomic E-state index is 0.313. The van der Waals surface area contributed by atoms with E-state index >= 15 is 0 Å². The Bertz CT molecular complexity index is 937. The van der Waals surface area contributed by atoms with Crippen molar-refractivity contribution in [3.8, 4) is 11.5 Å². The highest BCUT2D eigenvalue weighted by Crippen LogP contribution is 2.31. The first-order valence-corrected chi connectivity index (χ1v) is 10.2. The molecule has 0 saturated carbocycles. The second kappa shape index (κ2) is 9.96. The largest absolute Gasteiger partial charge is 0.486 e. The Morgan fingerprint density at radius 2 is 1.83 bits per heavy atom. The molecule has 0 aliphatic carbocycles. The monoisotopic (exact) mass is 409 g/mol. The first kappa shape index (κ1) is 21.4. The molecule has 6 nitrogen and oxygen atoms in total. The van der Waals surface area contributed by atoms with Crippen LogP contribution in [0, 0.1) is 0 Å². The summed E-state index contributed by atoms with van der Waals surface area (Å²) in [6, 6.07) is 13.1. The lowest BCUT2D eigenvalue weighted by molar-refractivity contribution is -0.148. The van der Waals surface area contributed by atoms with Crippen molar-refractivity contribution in [1.82, 2.24) is 0 Å². The average molecular weight is 409 g/mol. The van der Waals surface area contributed by atoms with Gasteiger partial charge in [-0.15, -0.1) is 0 Å². The topological polar surface area (TPSA) is 73.9 Å². The average Bonchev–Trinajstić information content (AvgIpc) is 2.77. The lowest BCUT2D eigenvalue weighted by Gasteiger charge is -2.18. The van der Waals surface area contributed by atoms with Gasteiger partial charge in [-0.1, -0.05) is 38.1 Å². The van der Waals surface area contributed by atoms with E-state index in [1.54, 1.807) is 25.1 Å². The zero-order valence-corrected chi connectivity index (χ0v) is 17.5. The highest BCUT2D eigenvalue weighted by Gasteiger charge is 2.19. The third-order valence-electron chi connectivity index (χ3n) is 5.00. The molecule has 0 saturated heterocycles. The molecule has 1 heterocycles. The molecule has 1 aliphatic heterocycles. The lowest BCUT2D eigenvalue weighted by atomic mass is 9.97. The third-order valence-corrected chi connectivity index (χ3v) is 5.00. The number of hydrogen-bond acceptors (Lipinski definition) is 5. The van der Waals surface area contributed by atoms with E-state index in [1.807, 2.05) is 30.3 Å². The van der Waals surface area contributed by atoms with Crippen molar-refractivity contribution in [2.75, 3.05) is 18.5 Å². The van der Waals surface area contributed by atoms with Gasteiger partial charge < -0.3 is 19.5 Å². The highest BCUT2D eigenvalue weighted by atomic mass is 16.6. The standard InChI is InChI=1S/C24H27NO5/c1-4-16(2)19-7-5-6-8-20(19)25-24(27)17(3)30-23(26)12-10-18-9-11-21-22(15-18)29-14-13-28-21/h5-12,15-17H,4,13-14H2,1-3H3,(H,25,27)/b12-10+/t16-,17-/m1/s1. The first-order chi connectivity index (χ1) is 14.5. The van der Waals surface area contributed by atoms with Crippen LogP contribution in [0.5, 0.6) is 11.5 Å². The van der Waals surface area contributed by atoms with Crippen LogP contribution in [-0.4, -0.2) is 31.2 Å². The number of amides is 1. The number of carbonyl (C=O) groups excluding carboxylic acids is 2. The number of esters is 1. The van der Waals surface area contributed by atoms with Crippen LogP contribution in [0.1, 0.15) is 44.2 Å². The highest BCUT2D eigenvalue weighted by molar-refractivity contribution is 5.97. The van der Waals surface area contributed by atoms with Crippen molar-refractivity contribution < 1.29 is 23.8 Å². The quantitative estimate of drug-likeness (QED) is 0.536. The smallest absolute Gasteiger partial charge is 0.331 e. The molecule has 0 bridgehead atoms. The molecule has 0 aromatic heterocycles. The van der Waals surface area contributed by atoms with E-state index < -0.39 is 12.1 Å². The molecule has 2 aromatic rings. The minimum Gasteiger partial charge on any atom is -0.486 e. The minimum atomic E-state index is -0.924. The molecule has 1 amide bonds. The number of fused-ring (bicyclic) bond motifs is 1. The maximum Gasteiger partial charge on any atom is 0.331 e. The van der Waals surface area contributed by atoms with Gasteiger partial charge in [0.05, 0.1) is 0 Å². The predicted molar refractivity (Wildman–Crippen MR) is 116 cm³/mol. The second-order valence-electron chi connectivity index (χ2n) is 7.20. The second-order valence-corrected chi connectivity index (χ2v) is 7.20. The van der Waals surface area contributed by atoms with Crippen LogP contribution >= 0.6 is 0 Å². The zero-order chi connectivity index (χ0) is 21.5. The van der Waals surface area contributed by atoms with E-state index in [0.717, 1.165) is 23.2 Å². The van der Waals surface area contributed by atoms with Crippen LogP contribution in [0.4, 0.5) is 5.69 Å². The van der Waals surface area contributed by atoms with Gasteiger partial charge in [-0.25, -0.2) is 4.79 Å². The van der Waals surface area contributed by atoms with Gasteiger partial charge in [0.1, 0.15) is 13.2 Å². The molecule has 6 heteroatoms. The van der Waals surface area contributed by atoms with E-state index in [4.69, 9.17) is 14.2 Å². The van der Waals surface area contributed by atoms with Crippen molar-refractivity contribution in [3.63, 3.8) is 0 Å². The molecule has 0 radical (unpaired) electrons. The summed E-state index contributed by atoms with van der Waals surface area (Å²) in [6.07, 6.45) is 2.95. The van der Waals surface area contributed by atoms with E-state index in [0.29, 0.717) is 30.6 Å². The SMILES string of the molecule is CC[C@@H](C)c1ccccc1NC(=O)[C@@H](C)OC(=O)/C=C/c1ccc2c(c1)OCCO2. The van der Waals surface area contributed by atoms with Gasteiger partial charge in [-0.05, 0) is 54.7 Å². The van der Waals surface area contributed by atoms with Crippen LogP contribution in [0.15, 0.2) is 48.5 Å². The van der Waals surface area contributed by atoms with Gasteiger partial charge in [0.2, 0.25) is 0 Å². The fourth-order valence-electron chi connectivity index (χ4n) is 3.09. The molecule has 0 spiro atoms. The molecule has 1 aliphatic rings. The molecule has 3 rings (SSSR count). The molecule has 2 aromatic carbocycles. The Hall–Kier alpha value is -3.28. The zero-order valence-electron chi connectivity index (χ0n) is 17.5. The maximum atomic E-state index is 12.5. The summed E-state index contributed by atoms with van der Waals surface area (Å²) in [5, 5.41) is 2.87. The molecular weight excluding hydrogens is 382 g/mol. The van der Waals surface area contributed by atoms with Crippen LogP contribution in [0.2, 0.25) is 0 Å². The van der Waals surface area contributed by atoms with Crippen molar-refractivity contribution in [3.05, 3.63) is 59.7 Å². The Morgan fingerprint density at radius 1 is 1.10 bits per heavy atom. The van der Waals surface area contributed by atoms with Crippen LogP contribution in [0.25, 0.3) is 6.08 Å². The summed E-state index contributed by atoms with van der Waals surface area (Å²) < 4.78 is 16.3. The summed E-state index contributed by atoms with van der Waals surface area (Å²) in [6.45, 7) is 6.78. The number of carbonyl (C=O) groups is 2. The van der Waals surface area contributed by atoms with Gasteiger partial charge in [0, 0.05) is 11.8 Å². The fourth-order valence-corrected chi connectivity index (χ4v) is 3.09. The van der Waals surface area contributed by atoms with Crippen molar-refractivity contribution in [1.29, 1.82) is 0 Å². The number of anilines is 1. The fraction of sp³-hybridized carbons (Fsp3) is 0.333. The maximum absolute atomic E-state index is 12.5. The lowest BCUT2D eigenvalue weighted by Crippen LogP contribution is -2.29. The predicted octanol–water partition coefficient (Wildman–Crippen LogP) is 4.55. The summed E-state index contributed by atoms with van der Waals surface area (Å²) in [5.41, 5.74) is 2.58. The third kappa shape index (κ3) is 5.41. The van der Waals surface area contributed by atoms with Crippen molar-refractivity contribution in [2.45, 2.75) is 39.2 Å². The normalized spacial score (nSPS) is 14.8. The van der Waals surface area contributed by atoms with Gasteiger partial charge in [0.25, 0.3) is 5.91 Å². The molecule has 0 fully saturated rings.